The van der Waals surface area contributed by atoms with Crippen LogP contribution in [0.25, 0.3) is 5.69 Å². The zero-order valence-corrected chi connectivity index (χ0v) is 14.1. The molecule has 2 atom stereocenters. The van der Waals surface area contributed by atoms with Crippen LogP contribution in [0.4, 0.5) is 0 Å². The van der Waals surface area contributed by atoms with Gasteiger partial charge in [-0.2, -0.15) is 4.68 Å². The molecule has 3 heterocycles. The lowest BCUT2D eigenvalue weighted by atomic mass is 10.2. The molecular formula is C16H18N6OS. The molecule has 0 radical (unpaired) electrons. The zero-order valence-electron chi connectivity index (χ0n) is 13.3. The third-order valence-corrected chi connectivity index (χ3v) is 5.11. The molecule has 124 valence electrons. The predicted octanol–water partition coefficient (Wildman–Crippen LogP) is 2.25. The van der Waals surface area contributed by atoms with Gasteiger partial charge in [0, 0.05) is 24.7 Å². The molecule has 0 aliphatic carbocycles. The number of tetrazole rings is 1. The van der Waals surface area contributed by atoms with E-state index in [-0.39, 0.29) is 12.1 Å². The molecular weight excluding hydrogens is 324 g/mol. The molecule has 8 heteroatoms. The van der Waals surface area contributed by atoms with E-state index >= 15 is 0 Å². The number of ether oxygens (including phenoxy) is 1. The van der Waals surface area contributed by atoms with Gasteiger partial charge in [0.25, 0.3) is 0 Å². The first-order valence-electron chi connectivity index (χ1n) is 7.91. The van der Waals surface area contributed by atoms with Crippen molar-refractivity contribution in [3.63, 3.8) is 0 Å². The number of hydrogen-bond acceptors (Lipinski definition) is 7. The number of benzene rings is 1. The van der Waals surface area contributed by atoms with Crippen molar-refractivity contribution in [3.05, 3.63) is 52.7 Å². The van der Waals surface area contributed by atoms with E-state index in [9.17, 15) is 0 Å². The summed E-state index contributed by atoms with van der Waals surface area (Å²) in [5.41, 5.74) is 0.967. The number of para-hydroxylation sites is 1. The highest BCUT2D eigenvalue weighted by Gasteiger charge is 2.30. The molecule has 0 bridgehead atoms. The molecule has 0 spiro atoms. The lowest BCUT2D eigenvalue weighted by Crippen LogP contribution is -2.40. The Balaban J connectivity index is 1.56. The second kappa shape index (κ2) is 6.76. The average Bonchev–Trinajstić information content (AvgIpc) is 3.34. The van der Waals surface area contributed by atoms with Crippen molar-refractivity contribution in [2.45, 2.75) is 19.1 Å². The first-order chi connectivity index (χ1) is 11.8. The first-order valence-corrected chi connectivity index (χ1v) is 8.79. The molecule has 1 fully saturated rings. The van der Waals surface area contributed by atoms with Crippen LogP contribution in [0.15, 0.2) is 41.9 Å². The fraction of sp³-hybridized carbons (Fsp3) is 0.375. The number of hydrogen-bond donors (Lipinski definition) is 0. The van der Waals surface area contributed by atoms with E-state index in [0.717, 1.165) is 29.6 Å². The number of rotatable bonds is 4. The lowest BCUT2D eigenvalue weighted by molar-refractivity contribution is -0.0445. The summed E-state index contributed by atoms with van der Waals surface area (Å²) < 4.78 is 7.69. The van der Waals surface area contributed by atoms with E-state index in [4.69, 9.17) is 4.74 Å². The zero-order chi connectivity index (χ0) is 16.4. The quantitative estimate of drug-likeness (QED) is 0.724. The summed E-state index contributed by atoms with van der Waals surface area (Å²) in [4.78, 5) is 6.73. The minimum Gasteiger partial charge on any atom is -0.368 e. The number of morpholine rings is 1. The predicted molar refractivity (Wildman–Crippen MR) is 89.9 cm³/mol. The summed E-state index contributed by atoms with van der Waals surface area (Å²) in [5.74, 6) is 0.834. The van der Waals surface area contributed by atoms with Crippen LogP contribution < -0.4 is 0 Å². The Labute approximate surface area is 143 Å². The summed E-state index contributed by atoms with van der Waals surface area (Å²) in [6.45, 7) is 4.46. The van der Waals surface area contributed by atoms with Crippen molar-refractivity contribution >= 4 is 11.3 Å². The normalized spacial score (nSPS) is 20.1. The molecule has 1 saturated heterocycles. The second-order valence-corrected chi connectivity index (χ2v) is 6.61. The summed E-state index contributed by atoms with van der Waals surface area (Å²) >= 11 is 1.63. The maximum atomic E-state index is 5.88. The van der Waals surface area contributed by atoms with Crippen LogP contribution in [0.3, 0.4) is 0 Å². The molecule has 1 aromatic carbocycles. The van der Waals surface area contributed by atoms with Gasteiger partial charge in [0.1, 0.15) is 11.1 Å². The van der Waals surface area contributed by atoms with Gasteiger partial charge in [0.05, 0.1) is 18.3 Å². The summed E-state index contributed by atoms with van der Waals surface area (Å²) in [6, 6.07) is 10.1. The average molecular weight is 342 g/mol. The first kappa shape index (κ1) is 15.4. The van der Waals surface area contributed by atoms with Crippen LogP contribution >= 0.6 is 11.3 Å². The van der Waals surface area contributed by atoms with Gasteiger partial charge in [-0.3, -0.25) is 4.90 Å². The number of nitrogens with zero attached hydrogens (tertiary/aromatic N) is 6. The largest absolute Gasteiger partial charge is 0.368 e. The van der Waals surface area contributed by atoms with E-state index in [2.05, 4.69) is 32.3 Å². The van der Waals surface area contributed by atoms with E-state index in [0.29, 0.717) is 6.61 Å². The highest BCUT2D eigenvalue weighted by molar-refractivity contribution is 7.09. The van der Waals surface area contributed by atoms with Crippen LogP contribution in [0, 0.1) is 0 Å². The number of thiazole rings is 1. The molecule has 1 aliphatic rings. The molecule has 0 unspecified atom stereocenters. The Morgan fingerprint density at radius 1 is 1.29 bits per heavy atom. The molecule has 0 N–H and O–H groups in total. The minimum atomic E-state index is 0.0160. The SMILES string of the molecule is C[C@H](c1nnnn1-c1ccccc1)N1CCO[C@H](c2nccs2)C1. The van der Waals surface area contributed by atoms with Gasteiger partial charge in [-0.1, -0.05) is 18.2 Å². The lowest BCUT2D eigenvalue weighted by Gasteiger charge is -2.35. The van der Waals surface area contributed by atoms with E-state index < -0.39 is 0 Å². The van der Waals surface area contributed by atoms with Gasteiger partial charge in [-0.05, 0) is 29.5 Å². The number of aromatic nitrogens is 5. The maximum Gasteiger partial charge on any atom is 0.173 e. The van der Waals surface area contributed by atoms with Crippen LogP contribution in [-0.4, -0.2) is 49.8 Å². The Kier molecular flexibility index (Phi) is 4.33. The van der Waals surface area contributed by atoms with Crippen molar-refractivity contribution < 1.29 is 4.74 Å². The molecule has 0 amide bonds. The van der Waals surface area contributed by atoms with Gasteiger partial charge in [0.15, 0.2) is 5.82 Å². The van der Waals surface area contributed by atoms with Gasteiger partial charge in [-0.15, -0.1) is 16.4 Å². The molecule has 24 heavy (non-hydrogen) atoms. The standard InChI is InChI=1S/C16H18N6OS/c1-12(15-18-19-20-22(15)13-5-3-2-4-6-13)21-8-9-23-14(11-21)16-17-7-10-24-16/h2-7,10,12,14H,8-9,11H2,1H3/t12-,14+/m1/s1. The van der Waals surface area contributed by atoms with Crippen LogP contribution in [0.2, 0.25) is 0 Å². The highest BCUT2D eigenvalue weighted by atomic mass is 32.1. The molecule has 0 saturated carbocycles. The van der Waals surface area contributed by atoms with Gasteiger partial charge >= 0.3 is 0 Å². The third-order valence-electron chi connectivity index (χ3n) is 4.24. The monoisotopic (exact) mass is 342 g/mol. The van der Waals surface area contributed by atoms with Crippen molar-refractivity contribution in [1.82, 2.24) is 30.1 Å². The van der Waals surface area contributed by atoms with Crippen LogP contribution in [-0.2, 0) is 4.74 Å². The van der Waals surface area contributed by atoms with Gasteiger partial charge in [0.2, 0.25) is 0 Å². The molecule has 2 aromatic heterocycles. The fourth-order valence-electron chi connectivity index (χ4n) is 2.93. The minimum absolute atomic E-state index is 0.0160. The summed E-state index contributed by atoms with van der Waals surface area (Å²) in [5, 5.41) is 15.3. The highest BCUT2D eigenvalue weighted by Crippen LogP contribution is 2.29. The molecule has 3 aromatic rings. The molecule has 1 aliphatic heterocycles. The van der Waals surface area contributed by atoms with Gasteiger partial charge in [-0.25, -0.2) is 4.98 Å². The van der Waals surface area contributed by atoms with E-state index in [1.165, 1.54) is 0 Å². The maximum absolute atomic E-state index is 5.88. The fourth-order valence-corrected chi connectivity index (χ4v) is 3.61. The van der Waals surface area contributed by atoms with Crippen molar-refractivity contribution in [3.8, 4) is 5.69 Å². The Morgan fingerprint density at radius 3 is 2.96 bits per heavy atom. The second-order valence-electron chi connectivity index (χ2n) is 5.69. The van der Waals surface area contributed by atoms with Gasteiger partial charge < -0.3 is 4.74 Å². The summed E-state index contributed by atoms with van der Waals surface area (Å²) in [6.07, 6.45) is 1.84. The van der Waals surface area contributed by atoms with E-state index in [1.54, 1.807) is 16.0 Å². The Morgan fingerprint density at radius 2 is 2.17 bits per heavy atom. The smallest absolute Gasteiger partial charge is 0.173 e. The molecule has 7 nitrogen and oxygen atoms in total. The topological polar surface area (TPSA) is 69.0 Å². The van der Waals surface area contributed by atoms with Crippen LogP contribution in [0.5, 0.6) is 0 Å². The Hall–Kier alpha value is -2.16. The summed E-state index contributed by atoms with van der Waals surface area (Å²) in [7, 11) is 0. The van der Waals surface area contributed by atoms with E-state index in [1.807, 2.05) is 41.9 Å². The Bertz CT molecular complexity index is 775. The molecule has 4 rings (SSSR count). The third kappa shape index (κ3) is 2.95. The van der Waals surface area contributed by atoms with Crippen molar-refractivity contribution in [2.75, 3.05) is 19.7 Å². The van der Waals surface area contributed by atoms with Crippen molar-refractivity contribution in [2.24, 2.45) is 0 Å². The van der Waals surface area contributed by atoms with Crippen molar-refractivity contribution in [1.29, 1.82) is 0 Å². The van der Waals surface area contributed by atoms with Crippen LogP contribution in [0.1, 0.15) is 29.9 Å².